The van der Waals surface area contributed by atoms with E-state index in [1.807, 2.05) is 0 Å². The molecule has 1 heterocycles. The predicted octanol–water partition coefficient (Wildman–Crippen LogP) is 3.38. The second-order valence-corrected chi connectivity index (χ2v) is 5.98. The number of benzene rings is 1. The SMILES string of the molecule is O=C(Nc1ccc(O)cc1[N+](=O)[O-])c1ccc(Br)s1. The third-order valence-corrected chi connectivity index (χ3v) is 3.85. The molecule has 2 aromatic rings. The van der Waals surface area contributed by atoms with Crippen molar-refractivity contribution in [1.82, 2.24) is 0 Å². The Morgan fingerprint density at radius 1 is 1.37 bits per heavy atom. The van der Waals surface area contributed by atoms with E-state index in [0.29, 0.717) is 4.88 Å². The van der Waals surface area contributed by atoms with Gasteiger partial charge in [-0.3, -0.25) is 14.9 Å². The van der Waals surface area contributed by atoms with Crippen molar-refractivity contribution in [1.29, 1.82) is 0 Å². The molecule has 0 spiro atoms. The number of carbonyl (C=O) groups excluding carboxylic acids is 1. The van der Waals surface area contributed by atoms with E-state index in [1.54, 1.807) is 12.1 Å². The molecule has 98 valence electrons. The lowest BCUT2D eigenvalue weighted by atomic mass is 10.2. The number of thiophene rings is 1. The van der Waals surface area contributed by atoms with Crippen molar-refractivity contribution in [3.05, 3.63) is 49.1 Å². The van der Waals surface area contributed by atoms with Crippen molar-refractivity contribution in [2.45, 2.75) is 0 Å². The van der Waals surface area contributed by atoms with E-state index in [9.17, 15) is 20.0 Å². The summed E-state index contributed by atoms with van der Waals surface area (Å²) in [5.41, 5.74) is -0.318. The number of nitrogens with zero attached hydrogens (tertiary/aromatic N) is 1. The van der Waals surface area contributed by atoms with Gasteiger partial charge in [0.2, 0.25) is 0 Å². The van der Waals surface area contributed by atoms with Crippen LogP contribution in [0.15, 0.2) is 34.1 Å². The molecule has 1 aromatic heterocycles. The molecule has 0 aliphatic heterocycles. The Bertz CT molecular complexity index is 656. The van der Waals surface area contributed by atoms with Crippen LogP contribution in [0.5, 0.6) is 5.75 Å². The van der Waals surface area contributed by atoms with E-state index in [-0.39, 0.29) is 17.1 Å². The number of hydrogen-bond acceptors (Lipinski definition) is 5. The third-order valence-electron chi connectivity index (χ3n) is 2.22. The Hall–Kier alpha value is -1.93. The predicted molar refractivity (Wildman–Crippen MR) is 74.7 cm³/mol. The van der Waals surface area contributed by atoms with Crippen molar-refractivity contribution < 1.29 is 14.8 Å². The van der Waals surface area contributed by atoms with Gasteiger partial charge in [-0.25, -0.2) is 0 Å². The largest absolute Gasteiger partial charge is 0.508 e. The van der Waals surface area contributed by atoms with Crippen molar-refractivity contribution in [2.75, 3.05) is 5.32 Å². The van der Waals surface area contributed by atoms with Gasteiger partial charge in [0.1, 0.15) is 11.4 Å². The minimum Gasteiger partial charge on any atom is -0.508 e. The minimum atomic E-state index is -0.667. The molecule has 0 radical (unpaired) electrons. The Kier molecular flexibility index (Phi) is 3.82. The van der Waals surface area contributed by atoms with Crippen LogP contribution in [0.4, 0.5) is 11.4 Å². The van der Waals surface area contributed by atoms with E-state index in [4.69, 9.17) is 0 Å². The summed E-state index contributed by atoms with van der Waals surface area (Å²) in [7, 11) is 0. The molecule has 6 nitrogen and oxygen atoms in total. The monoisotopic (exact) mass is 342 g/mol. The lowest BCUT2D eigenvalue weighted by Crippen LogP contribution is -2.11. The summed E-state index contributed by atoms with van der Waals surface area (Å²) in [5.74, 6) is -0.673. The molecule has 0 fully saturated rings. The summed E-state index contributed by atoms with van der Waals surface area (Å²) < 4.78 is 0.790. The first kappa shape index (κ1) is 13.5. The second kappa shape index (κ2) is 5.37. The highest BCUT2D eigenvalue weighted by atomic mass is 79.9. The summed E-state index contributed by atoms with van der Waals surface area (Å²) in [6, 6.07) is 6.86. The molecule has 2 rings (SSSR count). The van der Waals surface area contributed by atoms with Gasteiger partial charge < -0.3 is 10.4 Å². The van der Waals surface area contributed by atoms with Crippen LogP contribution in [0, 0.1) is 10.1 Å². The molecular formula is C11H7BrN2O4S. The quantitative estimate of drug-likeness (QED) is 0.508. The number of aromatic hydroxyl groups is 1. The van der Waals surface area contributed by atoms with Crippen LogP contribution in [-0.4, -0.2) is 15.9 Å². The number of phenolic OH excluding ortho intramolecular Hbond substituents is 1. The van der Waals surface area contributed by atoms with Gasteiger partial charge in [0.05, 0.1) is 19.7 Å². The highest BCUT2D eigenvalue weighted by Gasteiger charge is 2.18. The maximum absolute atomic E-state index is 11.9. The molecule has 0 unspecified atom stereocenters. The summed E-state index contributed by atoms with van der Waals surface area (Å²) in [6.07, 6.45) is 0. The van der Waals surface area contributed by atoms with Crippen LogP contribution in [0.2, 0.25) is 0 Å². The summed E-state index contributed by atoms with van der Waals surface area (Å²) in [5, 5.41) is 22.5. The Balaban J connectivity index is 2.28. The average molecular weight is 343 g/mol. The number of nitrogens with one attached hydrogen (secondary N) is 1. The molecule has 0 aliphatic rings. The van der Waals surface area contributed by atoms with E-state index in [0.717, 1.165) is 9.85 Å². The van der Waals surface area contributed by atoms with Crippen LogP contribution in [0.25, 0.3) is 0 Å². The number of carbonyl (C=O) groups is 1. The summed E-state index contributed by atoms with van der Waals surface area (Å²) >= 11 is 4.45. The molecular weight excluding hydrogens is 336 g/mol. The lowest BCUT2D eigenvalue weighted by molar-refractivity contribution is -0.384. The fourth-order valence-corrected chi connectivity index (χ4v) is 2.68. The Morgan fingerprint density at radius 2 is 2.11 bits per heavy atom. The lowest BCUT2D eigenvalue weighted by Gasteiger charge is -2.04. The highest BCUT2D eigenvalue weighted by molar-refractivity contribution is 9.11. The van der Waals surface area contributed by atoms with Gasteiger partial charge in [-0.15, -0.1) is 11.3 Å². The van der Waals surface area contributed by atoms with Crippen LogP contribution < -0.4 is 5.32 Å². The molecule has 0 atom stereocenters. The number of amides is 1. The third kappa shape index (κ3) is 3.09. The van der Waals surface area contributed by atoms with Crippen molar-refractivity contribution >= 4 is 44.5 Å². The molecule has 8 heteroatoms. The first-order chi connectivity index (χ1) is 8.97. The van der Waals surface area contributed by atoms with Gasteiger partial charge in [-0.2, -0.15) is 0 Å². The molecule has 2 N–H and O–H groups in total. The van der Waals surface area contributed by atoms with Gasteiger partial charge in [0.25, 0.3) is 11.6 Å². The zero-order chi connectivity index (χ0) is 14.0. The number of phenols is 1. The first-order valence-corrected chi connectivity index (χ1v) is 6.62. The summed E-state index contributed by atoms with van der Waals surface area (Å²) in [6.45, 7) is 0. The average Bonchev–Trinajstić information content (AvgIpc) is 2.78. The van der Waals surface area contributed by atoms with Gasteiger partial charge >= 0.3 is 0 Å². The van der Waals surface area contributed by atoms with Crippen LogP contribution in [0.3, 0.4) is 0 Å². The molecule has 19 heavy (non-hydrogen) atoms. The maximum atomic E-state index is 11.9. The number of nitro groups is 1. The number of anilines is 1. The zero-order valence-corrected chi connectivity index (χ0v) is 11.7. The number of halogens is 1. The topological polar surface area (TPSA) is 92.5 Å². The van der Waals surface area contributed by atoms with Gasteiger partial charge in [-0.1, -0.05) is 0 Å². The fourth-order valence-electron chi connectivity index (χ4n) is 1.40. The molecule has 0 aliphatic carbocycles. The molecule has 0 saturated heterocycles. The first-order valence-electron chi connectivity index (χ1n) is 5.01. The smallest absolute Gasteiger partial charge is 0.296 e. The summed E-state index contributed by atoms with van der Waals surface area (Å²) in [4.78, 5) is 22.5. The van der Waals surface area contributed by atoms with E-state index < -0.39 is 10.8 Å². The van der Waals surface area contributed by atoms with Gasteiger partial charge in [0, 0.05) is 0 Å². The van der Waals surface area contributed by atoms with E-state index >= 15 is 0 Å². The fraction of sp³-hybridized carbons (Fsp3) is 0. The Labute approximate surface area is 120 Å². The molecule has 1 aromatic carbocycles. The molecule has 1 amide bonds. The number of hydrogen-bond donors (Lipinski definition) is 2. The minimum absolute atomic E-state index is 0.0392. The van der Waals surface area contributed by atoms with Gasteiger partial charge in [-0.05, 0) is 40.2 Å². The van der Waals surface area contributed by atoms with Crippen molar-refractivity contribution in [3.63, 3.8) is 0 Å². The highest BCUT2D eigenvalue weighted by Crippen LogP contribution is 2.29. The zero-order valence-electron chi connectivity index (χ0n) is 9.29. The van der Waals surface area contributed by atoms with E-state index in [1.165, 1.54) is 23.5 Å². The standard InChI is InChI=1S/C11H7BrN2O4S/c12-10-4-3-9(19-10)11(16)13-7-2-1-6(15)5-8(7)14(17)18/h1-5,15H,(H,13,16). The Morgan fingerprint density at radius 3 is 2.68 bits per heavy atom. The van der Waals surface area contributed by atoms with E-state index in [2.05, 4.69) is 21.2 Å². The van der Waals surface area contributed by atoms with Crippen LogP contribution in [0.1, 0.15) is 9.67 Å². The second-order valence-electron chi connectivity index (χ2n) is 3.52. The normalized spacial score (nSPS) is 10.2. The van der Waals surface area contributed by atoms with Crippen molar-refractivity contribution in [2.24, 2.45) is 0 Å². The maximum Gasteiger partial charge on any atom is 0.296 e. The molecule has 0 saturated carbocycles. The van der Waals surface area contributed by atoms with Crippen LogP contribution >= 0.6 is 27.3 Å². The number of nitro benzene ring substituents is 1. The van der Waals surface area contributed by atoms with Crippen LogP contribution in [-0.2, 0) is 0 Å². The molecule has 0 bridgehead atoms. The van der Waals surface area contributed by atoms with Crippen molar-refractivity contribution in [3.8, 4) is 5.75 Å². The van der Waals surface area contributed by atoms with Gasteiger partial charge in [0.15, 0.2) is 0 Å². The number of rotatable bonds is 3.